The Morgan fingerprint density at radius 1 is 1.12 bits per heavy atom. The molecule has 0 fully saturated rings. The molecule has 1 unspecified atom stereocenters. The van der Waals surface area contributed by atoms with E-state index in [0.717, 1.165) is 28.8 Å². The molecular weight excluding hydrogens is 326 g/mol. The second-order valence-corrected chi connectivity index (χ2v) is 5.54. The molecule has 0 spiro atoms. The summed E-state index contributed by atoms with van der Waals surface area (Å²) < 4.78 is 27.2. The van der Waals surface area contributed by atoms with E-state index >= 15 is 0 Å². The van der Waals surface area contributed by atoms with Crippen LogP contribution in [0.2, 0.25) is 0 Å². The van der Waals surface area contributed by atoms with Crippen LogP contribution in [-0.2, 0) is 6.54 Å². The number of benzene rings is 2. The number of hydrogen-bond acceptors (Lipinski definition) is 3. The third-order valence-corrected chi connectivity index (χ3v) is 3.80. The van der Waals surface area contributed by atoms with Gasteiger partial charge in [0.05, 0.1) is 0 Å². The van der Waals surface area contributed by atoms with Crippen LogP contribution < -0.4 is 10.6 Å². The Labute approximate surface area is 143 Å². The normalized spacial score (nSPS) is 16.1. The van der Waals surface area contributed by atoms with Gasteiger partial charge in [0.1, 0.15) is 23.4 Å². The average Bonchev–Trinajstić information content (AvgIpc) is 2.60. The van der Waals surface area contributed by atoms with Crippen molar-refractivity contribution < 1.29 is 18.7 Å². The van der Waals surface area contributed by atoms with Crippen LogP contribution in [0.1, 0.15) is 21.5 Å². The van der Waals surface area contributed by atoms with Crippen molar-refractivity contribution in [2.24, 2.45) is 0 Å². The highest BCUT2D eigenvalue weighted by Gasteiger charge is 2.16. The molecule has 0 radical (unpaired) electrons. The Kier molecular flexibility index (Phi) is 4.90. The van der Waals surface area contributed by atoms with Crippen molar-refractivity contribution in [3.05, 3.63) is 89.1 Å². The first-order valence-electron chi connectivity index (χ1n) is 7.68. The molecule has 4 nitrogen and oxygen atoms in total. The maximum absolute atomic E-state index is 13.6. The number of hydrogen-bond donors (Lipinski definition) is 3. The number of allylic oxidation sites excluding steroid dienone is 2. The van der Waals surface area contributed by atoms with E-state index in [1.165, 1.54) is 6.07 Å². The van der Waals surface area contributed by atoms with E-state index in [0.29, 0.717) is 0 Å². The highest BCUT2D eigenvalue weighted by Crippen LogP contribution is 2.19. The average molecular weight is 342 g/mol. The van der Waals surface area contributed by atoms with Gasteiger partial charge in [-0.1, -0.05) is 30.3 Å². The minimum atomic E-state index is -0.893. The standard InChI is InChI=1S/C19H16F2N2O2/c20-15-2-1-3-16(21)18(15)19(25)23-11-12-4-6-13(7-5-12)14-8-9-22-17(24)10-14/h1-10,17,22,24H,11H2,(H,23,25). The van der Waals surface area contributed by atoms with Gasteiger partial charge in [0, 0.05) is 6.54 Å². The molecule has 1 aliphatic heterocycles. The third kappa shape index (κ3) is 3.92. The fraction of sp³-hybridized carbons (Fsp3) is 0.105. The van der Waals surface area contributed by atoms with Gasteiger partial charge in [-0.3, -0.25) is 4.79 Å². The first kappa shape index (κ1) is 16.9. The molecule has 2 aromatic rings. The monoisotopic (exact) mass is 342 g/mol. The van der Waals surface area contributed by atoms with E-state index in [2.05, 4.69) is 10.6 Å². The smallest absolute Gasteiger partial charge is 0.257 e. The predicted molar refractivity (Wildman–Crippen MR) is 90.2 cm³/mol. The molecule has 3 N–H and O–H groups in total. The number of aliphatic hydroxyl groups is 1. The van der Waals surface area contributed by atoms with Crippen LogP contribution in [0, 0.1) is 11.6 Å². The Balaban J connectivity index is 1.66. The summed E-state index contributed by atoms with van der Waals surface area (Å²) in [5.74, 6) is -2.58. The molecule has 2 aromatic carbocycles. The fourth-order valence-electron chi connectivity index (χ4n) is 2.50. The van der Waals surface area contributed by atoms with Crippen LogP contribution in [0.4, 0.5) is 8.78 Å². The summed E-state index contributed by atoms with van der Waals surface area (Å²) in [6, 6.07) is 10.6. The van der Waals surface area contributed by atoms with Crippen molar-refractivity contribution in [2.75, 3.05) is 0 Å². The van der Waals surface area contributed by atoms with Gasteiger partial charge in [-0.05, 0) is 47.2 Å². The molecule has 1 heterocycles. The van der Waals surface area contributed by atoms with Crippen LogP contribution in [0.15, 0.2) is 60.8 Å². The largest absolute Gasteiger partial charge is 0.370 e. The molecule has 1 amide bonds. The number of halogens is 2. The van der Waals surface area contributed by atoms with Gasteiger partial charge in [0.15, 0.2) is 0 Å². The van der Waals surface area contributed by atoms with E-state index in [-0.39, 0.29) is 6.54 Å². The van der Waals surface area contributed by atoms with Crippen LogP contribution in [-0.4, -0.2) is 17.2 Å². The summed E-state index contributed by atoms with van der Waals surface area (Å²) >= 11 is 0. The second-order valence-electron chi connectivity index (χ2n) is 5.54. The van der Waals surface area contributed by atoms with Gasteiger partial charge in [0.25, 0.3) is 5.91 Å². The lowest BCUT2D eigenvalue weighted by Gasteiger charge is -2.14. The lowest BCUT2D eigenvalue weighted by atomic mass is 10.0. The Morgan fingerprint density at radius 2 is 1.80 bits per heavy atom. The Morgan fingerprint density at radius 3 is 2.44 bits per heavy atom. The topological polar surface area (TPSA) is 61.4 Å². The number of carbonyl (C=O) groups excluding carboxylic acids is 1. The fourth-order valence-corrected chi connectivity index (χ4v) is 2.50. The number of amides is 1. The van der Waals surface area contributed by atoms with Crippen LogP contribution in [0.5, 0.6) is 0 Å². The van der Waals surface area contributed by atoms with E-state index in [1.807, 2.05) is 18.2 Å². The molecule has 25 heavy (non-hydrogen) atoms. The lowest BCUT2D eigenvalue weighted by Crippen LogP contribution is -2.25. The first-order chi connectivity index (χ1) is 12.0. The summed E-state index contributed by atoms with van der Waals surface area (Å²) in [6.45, 7) is 0.145. The second kappa shape index (κ2) is 7.27. The maximum Gasteiger partial charge on any atom is 0.257 e. The molecule has 0 bridgehead atoms. The first-order valence-corrected chi connectivity index (χ1v) is 7.68. The summed E-state index contributed by atoms with van der Waals surface area (Å²) in [6.07, 6.45) is 4.45. The van der Waals surface area contributed by atoms with Gasteiger partial charge >= 0.3 is 0 Å². The molecule has 1 atom stereocenters. The SMILES string of the molecule is O=C(NCc1ccc(C2=CC(O)NC=C2)cc1)c1c(F)cccc1F. The number of aliphatic hydroxyl groups excluding tert-OH is 1. The molecule has 0 saturated heterocycles. The van der Waals surface area contributed by atoms with Crippen LogP contribution in [0.3, 0.4) is 0 Å². The Bertz CT molecular complexity index is 825. The highest BCUT2D eigenvalue weighted by atomic mass is 19.1. The number of carbonyl (C=O) groups is 1. The Hall–Kier alpha value is -2.99. The van der Waals surface area contributed by atoms with Gasteiger partial charge in [-0.15, -0.1) is 0 Å². The van der Waals surface area contributed by atoms with Gasteiger partial charge in [-0.25, -0.2) is 8.78 Å². The van der Waals surface area contributed by atoms with Gasteiger partial charge < -0.3 is 15.7 Å². The maximum atomic E-state index is 13.6. The molecule has 0 saturated carbocycles. The number of rotatable bonds is 4. The third-order valence-electron chi connectivity index (χ3n) is 3.80. The highest BCUT2D eigenvalue weighted by molar-refractivity contribution is 5.94. The molecule has 3 rings (SSSR count). The minimum absolute atomic E-state index is 0.145. The number of dihydropyridines is 1. The lowest BCUT2D eigenvalue weighted by molar-refractivity contribution is 0.0942. The van der Waals surface area contributed by atoms with Gasteiger partial charge in [-0.2, -0.15) is 0 Å². The van der Waals surface area contributed by atoms with E-state index in [1.54, 1.807) is 24.4 Å². The van der Waals surface area contributed by atoms with E-state index in [9.17, 15) is 18.7 Å². The zero-order valence-electron chi connectivity index (χ0n) is 13.2. The van der Waals surface area contributed by atoms with E-state index < -0.39 is 29.3 Å². The van der Waals surface area contributed by atoms with Crippen molar-refractivity contribution in [3.63, 3.8) is 0 Å². The van der Waals surface area contributed by atoms with Crippen LogP contribution in [0.25, 0.3) is 5.57 Å². The van der Waals surface area contributed by atoms with Crippen LogP contribution >= 0.6 is 0 Å². The van der Waals surface area contributed by atoms with Crippen molar-refractivity contribution in [2.45, 2.75) is 12.8 Å². The van der Waals surface area contributed by atoms with Crippen molar-refractivity contribution in [1.82, 2.24) is 10.6 Å². The summed E-state index contributed by atoms with van der Waals surface area (Å²) in [5, 5.41) is 14.8. The number of nitrogens with one attached hydrogen (secondary N) is 2. The van der Waals surface area contributed by atoms with Crippen molar-refractivity contribution >= 4 is 11.5 Å². The predicted octanol–water partition coefficient (Wildman–Crippen LogP) is 2.71. The zero-order chi connectivity index (χ0) is 17.8. The quantitative estimate of drug-likeness (QED) is 0.801. The van der Waals surface area contributed by atoms with Gasteiger partial charge in [0.2, 0.25) is 0 Å². The van der Waals surface area contributed by atoms with Crippen molar-refractivity contribution in [1.29, 1.82) is 0 Å². The molecule has 0 aliphatic carbocycles. The molecule has 0 aromatic heterocycles. The zero-order valence-corrected chi connectivity index (χ0v) is 13.2. The summed E-state index contributed by atoms with van der Waals surface area (Å²) in [4.78, 5) is 12.0. The summed E-state index contributed by atoms with van der Waals surface area (Å²) in [5.41, 5.74) is 1.98. The summed E-state index contributed by atoms with van der Waals surface area (Å²) in [7, 11) is 0. The molecule has 6 heteroatoms. The minimum Gasteiger partial charge on any atom is -0.370 e. The molecular formula is C19H16F2N2O2. The molecule has 1 aliphatic rings. The van der Waals surface area contributed by atoms with Crippen molar-refractivity contribution in [3.8, 4) is 0 Å². The molecule has 128 valence electrons. The van der Waals surface area contributed by atoms with E-state index in [4.69, 9.17) is 0 Å².